The van der Waals surface area contributed by atoms with Crippen LogP contribution in [0, 0.1) is 11.3 Å². The zero-order chi connectivity index (χ0) is 11.8. The zero-order valence-corrected chi connectivity index (χ0v) is 10.2. The molecule has 0 spiro atoms. The summed E-state index contributed by atoms with van der Waals surface area (Å²) in [6.45, 7) is 7.56. The summed E-state index contributed by atoms with van der Waals surface area (Å²) < 4.78 is 0. The second-order valence-electron chi connectivity index (χ2n) is 5.49. The van der Waals surface area contributed by atoms with Gasteiger partial charge in [0.05, 0.1) is 6.07 Å². The van der Waals surface area contributed by atoms with Gasteiger partial charge in [-0.1, -0.05) is 32.9 Å². The molecular formula is C14H18N2. The Balaban J connectivity index is 2.38. The lowest BCUT2D eigenvalue weighted by molar-refractivity contribution is 0.589. The van der Waals surface area contributed by atoms with Gasteiger partial charge in [0, 0.05) is 24.6 Å². The number of fused-ring (bicyclic) bond motifs is 1. The van der Waals surface area contributed by atoms with Gasteiger partial charge < -0.3 is 5.32 Å². The van der Waals surface area contributed by atoms with Gasteiger partial charge in [0.1, 0.15) is 0 Å². The van der Waals surface area contributed by atoms with Crippen LogP contribution >= 0.6 is 0 Å². The number of nitriles is 1. The van der Waals surface area contributed by atoms with E-state index in [1.165, 1.54) is 16.8 Å². The van der Waals surface area contributed by atoms with E-state index in [4.69, 9.17) is 5.26 Å². The molecule has 0 aliphatic carbocycles. The molecule has 1 N–H and O–H groups in total. The molecule has 0 fully saturated rings. The third kappa shape index (κ3) is 1.90. The molecule has 2 rings (SSSR count). The molecule has 1 heterocycles. The number of benzene rings is 1. The van der Waals surface area contributed by atoms with Crippen molar-refractivity contribution in [1.29, 1.82) is 5.26 Å². The predicted octanol–water partition coefficient (Wildman–Crippen LogP) is 3.41. The van der Waals surface area contributed by atoms with Gasteiger partial charge >= 0.3 is 0 Å². The van der Waals surface area contributed by atoms with Crippen molar-refractivity contribution in [2.75, 3.05) is 11.9 Å². The molecule has 2 heteroatoms. The molecule has 1 aliphatic rings. The third-order valence-electron chi connectivity index (χ3n) is 3.23. The van der Waals surface area contributed by atoms with Gasteiger partial charge in [-0.2, -0.15) is 5.26 Å². The molecule has 1 aromatic carbocycles. The summed E-state index contributed by atoms with van der Waals surface area (Å²) in [6.07, 6.45) is 0.605. The van der Waals surface area contributed by atoms with Gasteiger partial charge in [-0.25, -0.2) is 0 Å². The first kappa shape index (κ1) is 11.0. The average Bonchev–Trinajstić information content (AvgIpc) is 2.60. The van der Waals surface area contributed by atoms with E-state index in [1.54, 1.807) is 0 Å². The van der Waals surface area contributed by atoms with E-state index in [0.29, 0.717) is 12.3 Å². The summed E-state index contributed by atoms with van der Waals surface area (Å²) in [5, 5.41) is 12.2. The van der Waals surface area contributed by atoms with Gasteiger partial charge in [0.2, 0.25) is 0 Å². The van der Waals surface area contributed by atoms with E-state index in [0.717, 1.165) is 6.54 Å². The van der Waals surface area contributed by atoms with Crippen LogP contribution in [0.25, 0.3) is 0 Å². The number of hydrogen-bond donors (Lipinski definition) is 1. The van der Waals surface area contributed by atoms with E-state index in [1.807, 2.05) is 0 Å². The molecule has 1 aliphatic heterocycles. The Morgan fingerprint density at radius 3 is 2.81 bits per heavy atom. The summed E-state index contributed by atoms with van der Waals surface area (Å²) in [4.78, 5) is 0. The summed E-state index contributed by atoms with van der Waals surface area (Å²) >= 11 is 0. The van der Waals surface area contributed by atoms with Crippen LogP contribution in [0.1, 0.15) is 44.2 Å². The fourth-order valence-corrected chi connectivity index (χ4v) is 2.16. The number of anilines is 1. The predicted molar refractivity (Wildman–Crippen MR) is 66.6 cm³/mol. The van der Waals surface area contributed by atoms with E-state index >= 15 is 0 Å². The van der Waals surface area contributed by atoms with Crippen LogP contribution in [-0.4, -0.2) is 6.54 Å². The molecule has 84 valence electrons. The quantitative estimate of drug-likeness (QED) is 0.777. The highest BCUT2D eigenvalue weighted by Crippen LogP contribution is 2.36. The fraction of sp³-hybridized carbons (Fsp3) is 0.500. The molecule has 2 nitrogen and oxygen atoms in total. The largest absolute Gasteiger partial charge is 0.384 e. The van der Waals surface area contributed by atoms with Gasteiger partial charge in [0.15, 0.2) is 0 Å². The highest BCUT2D eigenvalue weighted by molar-refractivity contribution is 5.59. The Kier molecular flexibility index (Phi) is 2.63. The molecule has 0 saturated carbocycles. The molecule has 0 bridgehead atoms. The van der Waals surface area contributed by atoms with Crippen molar-refractivity contribution >= 4 is 5.69 Å². The second kappa shape index (κ2) is 3.83. The molecular weight excluding hydrogens is 196 g/mol. The van der Waals surface area contributed by atoms with Crippen LogP contribution in [0.2, 0.25) is 0 Å². The van der Waals surface area contributed by atoms with Crippen LogP contribution in [0.5, 0.6) is 0 Å². The van der Waals surface area contributed by atoms with E-state index in [-0.39, 0.29) is 5.41 Å². The van der Waals surface area contributed by atoms with Crippen molar-refractivity contribution < 1.29 is 0 Å². The minimum Gasteiger partial charge on any atom is -0.384 e. The average molecular weight is 214 g/mol. The summed E-state index contributed by atoms with van der Waals surface area (Å²) in [5.74, 6) is 0.363. The maximum absolute atomic E-state index is 8.80. The number of nitrogens with zero attached hydrogens (tertiary/aromatic N) is 1. The summed E-state index contributed by atoms with van der Waals surface area (Å²) in [7, 11) is 0. The summed E-state index contributed by atoms with van der Waals surface area (Å²) in [6, 6.07) is 8.86. The van der Waals surface area contributed by atoms with Crippen molar-refractivity contribution in [2.24, 2.45) is 0 Å². The van der Waals surface area contributed by atoms with E-state index in [9.17, 15) is 0 Å². The number of rotatable bonds is 1. The molecule has 0 saturated heterocycles. The third-order valence-corrected chi connectivity index (χ3v) is 3.23. The lowest BCUT2D eigenvalue weighted by atomic mass is 9.84. The van der Waals surface area contributed by atoms with Gasteiger partial charge in [-0.3, -0.25) is 0 Å². The smallest absolute Gasteiger partial charge is 0.0628 e. The Labute approximate surface area is 97.3 Å². The highest BCUT2D eigenvalue weighted by atomic mass is 14.9. The minimum absolute atomic E-state index is 0.175. The monoisotopic (exact) mass is 214 g/mol. The highest BCUT2D eigenvalue weighted by Gasteiger charge is 2.24. The number of nitrogens with one attached hydrogen (secondary N) is 1. The zero-order valence-electron chi connectivity index (χ0n) is 10.2. The Hall–Kier alpha value is -1.49. The Morgan fingerprint density at radius 1 is 1.44 bits per heavy atom. The number of hydrogen-bond acceptors (Lipinski definition) is 2. The topological polar surface area (TPSA) is 35.8 Å². The lowest BCUT2D eigenvalue weighted by Crippen LogP contribution is -2.11. The first-order valence-corrected chi connectivity index (χ1v) is 5.77. The van der Waals surface area contributed by atoms with E-state index in [2.05, 4.69) is 50.4 Å². The Morgan fingerprint density at radius 2 is 2.19 bits per heavy atom. The van der Waals surface area contributed by atoms with E-state index < -0.39 is 0 Å². The van der Waals surface area contributed by atoms with Crippen LogP contribution in [0.15, 0.2) is 18.2 Å². The first-order chi connectivity index (χ1) is 7.52. The van der Waals surface area contributed by atoms with Crippen molar-refractivity contribution in [3.8, 4) is 6.07 Å². The van der Waals surface area contributed by atoms with Crippen LogP contribution < -0.4 is 5.32 Å². The molecule has 1 atom stereocenters. The van der Waals surface area contributed by atoms with Crippen molar-refractivity contribution in [3.05, 3.63) is 29.3 Å². The Bertz CT molecular complexity index is 435. The second-order valence-corrected chi connectivity index (χ2v) is 5.49. The van der Waals surface area contributed by atoms with Crippen molar-refractivity contribution in [2.45, 2.75) is 38.5 Å². The lowest BCUT2D eigenvalue weighted by Gasteiger charge is -2.20. The van der Waals surface area contributed by atoms with Crippen LogP contribution in [0.3, 0.4) is 0 Å². The maximum Gasteiger partial charge on any atom is 0.0628 e. The van der Waals surface area contributed by atoms with Crippen LogP contribution in [-0.2, 0) is 5.41 Å². The fourth-order valence-electron chi connectivity index (χ4n) is 2.16. The van der Waals surface area contributed by atoms with Gasteiger partial charge in [0.25, 0.3) is 0 Å². The summed E-state index contributed by atoms with van der Waals surface area (Å²) in [5.41, 5.74) is 4.04. The van der Waals surface area contributed by atoms with Crippen molar-refractivity contribution in [1.82, 2.24) is 0 Å². The maximum atomic E-state index is 8.80. The molecule has 0 amide bonds. The SMILES string of the molecule is CC(C)(C)c1ccc2c(c1)C(CC#N)CN2. The minimum atomic E-state index is 0.175. The molecule has 0 radical (unpaired) electrons. The first-order valence-electron chi connectivity index (χ1n) is 5.77. The van der Waals surface area contributed by atoms with Crippen molar-refractivity contribution in [3.63, 3.8) is 0 Å². The molecule has 1 aromatic rings. The standard InChI is InChI=1S/C14H18N2/c1-14(2,3)11-4-5-13-12(8-11)10(6-7-15)9-16-13/h4-5,8,10,16H,6,9H2,1-3H3. The molecule has 16 heavy (non-hydrogen) atoms. The van der Waals surface area contributed by atoms with Gasteiger partial charge in [-0.15, -0.1) is 0 Å². The normalized spacial score (nSPS) is 18.8. The van der Waals surface area contributed by atoms with Crippen LogP contribution in [0.4, 0.5) is 5.69 Å². The molecule has 1 unspecified atom stereocenters. The van der Waals surface area contributed by atoms with Gasteiger partial charge in [-0.05, 0) is 22.6 Å². The molecule has 0 aromatic heterocycles.